The van der Waals surface area contributed by atoms with Crippen LogP contribution in [-0.2, 0) is 16.6 Å². The fourth-order valence-corrected chi connectivity index (χ4v) is 4.95. The summed E-state index contributed by atoms with van der Waals surface area (Å²) in [6.07, 6.45) is 3.21. The second kappa shape index (κ2) is 8.54. The van der Waals surface area contributed by atoms with E-state index in [1.54, 1.807) is 42.9 Å². The number of aromatic nitrogens is 2. The number of nitrogens with one attached hydrogen (secondary N) is 1. The van der Waals surface area contributed by atoms with E-state index < -0.39 is 5.91 Å². The maximum absolute atomic E-state index is 13.1. The maximum atomic E-state index is 13.1. The average Bonchev–Trinajstić information content (AvgIpc) is 3.23. The van der Waals surface area contributed by atoms with E-state index in [4.69, 9.17) is 0 Å². The zero-order valence-electron chi connectivity index (χ0n) is 19.8. The van der Waals surface area contributed by atoms with Crippen LogP contribution < -0.4 is 15.8 Å². The molecule has 0 radical (unpaired) electrons. The number of carbonyl (C=O) groups is 3. The molecule has 0 unspecified atom stereocenters. The molecule has 3 aromatic rings. The number of benzene rings is 2. The first-order chi connectivity index (χ1) is 16.8. The first kappa shape index (κ1) is 22.6. The second-order valence-corrected chi connectivity index (χ2v) is 9.15. The second-order valence-electron chi connectivity index (χ2n) is 9.15. The average molecular weight is 471 g/mol. The van der Waals surface area contributed by atoms with Crippen LogP contribution in [0.4, 0.5) is 11.4 Å². The van der Waals surface area contributed by atoms with Gasteiger partial charge in [0, 0.05) is 12.6 Å². The number of anilines is 2. The zero-order chi connectivity index (χ0) is 24.9. The highest BCUT2D eigenvalue weighted by atomic mass is 16.2. The molecular weight excluding hydrogens is 444 g/mol. The minimum atomic E-state index is -0.449. The standard InChI is InChI=1S/C27H26N4O4/c1-16-9-14-21-22(15-16)26(34)30(25(21)33)19-12-10-18(11-13-19)24(32)28-23-17(2)29(3)31(27(23)35)20-7-5-4-6-8-20/h4-13,21-22H,14-15H2,1-3H3,(H,28,32)/t21-,22-/m0/s1. The molecule has 5 rings (SSSR count). The summed E-state index contributed by atoms with van der Waals surface area (Å²) in [4.78, 5) is 53.1. The third-order valence-electron chi connectivity index (χ3n) is 7.00. The van der Waals surface area contributed by atoms with Gasteiger partial charge in [0.05, 0.1) is 28.9 Å². The van der Waals surface area contributed by atoms with Crippen molar-refractivity contribution < 1.29 is 14.4 Å². The summed E-state index contributed by atoms with van der Waals surface area (Å²) < 4.78 is 3.19. The number of carbonyl (C=O) groups excluding carboxylic acids is 3. The minimum Gasteiger partial charge on any atom is -0.316 e. The Balaban J connectivity index is 1.37. The highest BCUT2D eigenvalue weighted by molar-refractivity contribution is 6.22. The van der Waals surface area contributed by atoms with Crippen molar-refractivity contribution in [2.45, 2.75) is 26.7 Å². The van der Waals surface area contributed by atoms with Gasteiger partial charge in [-0.3, -0.25) is 28.8 Å². The van der Waals surface area contributed by atoms with Crippen molar-refractivity contribution in [3.63, 3.8) is 0 Å². The number of nitrogens with zero attached hydrogens (tertiary/aromatic N) is 3. The molecule has 1 aromatic heterocycles. The van der Waals surface area contributed by atoms with Gasteiger partial charge in [-0.2, -0.15) is 0 Å². The van der Waals surface area contributed by atoms with Crippen molar-refractivity contribution >= 4 is 29.1 Å². The lowest BCUT2D eigenvalue weighted by atomic mass is 9.82. The molecule has 0 spiro atoms. The van der Waals surface area contributed by atoms with Crippen LogP contribution >= 0.6 is 0 Å². The van der Waals surface area contributed by atoms with E-state index in [9.17, 15) is 19.2 Å². The molecule has 178 valence electrons. The van der Waals surface area contributed by atoms with E-state index in [2.05, 4.69) is 5.32 Å². The molecule has 35 heavy (non-hydrogen) atoms. The molecule has 0 saturated carbocycles. The van der Waals surface area contributed by atoms with Gasteiger partial charge in [0.2, 0.25) is 11.8 Å². The summed E-state index contributed by atoms with van der Waals surface area (Å²) in [5.41, 5.74) is 3.07. The van der Waals surface area contributed by atoms with E-state index in [0.717, 1.165) is 5.57 Å². The van der Waals surface area contributed by atoms with Crippen LogP contribution in [0.1, 0.15) is 35.8 Å². The quantitative estimate of drug-likeness (QED) is 0.466. The Labute approximate surface area is 202 Å². The van der Waals surface area contributed by atoms with Gasteiger partial charge in [0.25, 0.3) is 11.5 Å². The number of amides is 3. The predicted octanol–water partition coefficient (Wildman–Crippen LogP) is 3.58. The van der Waals surface area contributed by atoms with Gasteiger partial charge in [-0.1, -0.05) is 29.8 Å². The molecule has 3 amide bonds. The number of hydrogen-bond acceptors (Lipinski definition) is 4. The summed E-state index contributed by atoms with van der Waals surface area (Å²) in [6, 6.07) is 15.5. The molecule has 1 aliphatic heterocycles. The van der Waals surface area contributed by atoms with Crippen LogP contribution in [0, 0.1) is 18.8 Å². The number of fused-ring (bicyclic) bond motifs is 1. The Kier molecular flexibility index (Phi) is 5.51. The molecule has 8 heteroatoms. The molecule has 1 aliphatic carbocycles. The highest BCUT2D eigenvalue weighted by Gasteiger charge is 2.48. The monoisotopic (exact) mass is 470 g/mol. The van der Waals surface area contributed by atoms with Gasteiger partial charge in [0.15, 0.2) is 0 Å². The number of rotatable bonds is 4. The zero-order valence-corrected chi connectivity index (χ0v) is 19.8. The predicted molar refractivity (Wildman–Crippen MR) is 133 cm³/mol. The Morgan fingerprint density at radius 2 is 1.54 bits per heavy atom. The van der Waals surface area contributed by atoms with Crippen LogP contribution in [0.2, 0.25) is 0 Å². The topological polar surface area (TPSA) is 93.4 Å². The fourth-order valence-electron chi connectivity index (χ4n) is 4.95. The van der Waals surface area contributed by atoms with Crippen molar-refractivity contribution in [2.75, 3.05) is 10.2 Å². The molecule has 0 bridgehead atoms. The van der Waals surface area contributed by atoms with E-state index in [0.29, 0.717) is 35.5 Å². The maximum Gasteiger partial charge on any atom is 0.295 e. The lowest BCUT2D eigenvalue weighted by molar-refractivity contribution is -0.122. The first-order valence-electron chi connectivity index (χ1n) is 11.6. The normalized spacial score (nSPS) is 19.5. The van der Waals surface area contributed by atoms with Crippen molar-refractivity contribution in [3.8, 4) is 5.69 Å². The summed E-state index contributed by atoms with van der Waals surface area (Å²) in [6.45, 7) is 3.74. The van der Waals surface area contributed by atoms with Gasteiger partial charge in [0.1, 0.15) is 5.69 Å². The lowest BCUT2D eigenvalue weighted by Gasteiger charge is -2.18. The molecule has 2 heterocycles. The molecule has 1 N–H and O–H groups in total. The molecule has 1 saturated heterocycles. The Morgan fingerprint density at radius 1 is 0.886 bits per heavy atom. The largest absolute Gasteiger partial charge is 0.316 e. The SMILES string of the molecule is CC1=CC[C@@H]2C(=O)N(c3ccc(C(=O)Nc4c(C)n(C)n(-c5ccccc5)c4=O)cc3)C(=O)[C@H]2C1. The lowest BCUT2D eigenvalue weighted by Crippen LogP contribution is -2.31. The summed E-state index contributed by atoms with van der Waals surface area (Å²) >= 11 is 0. The van der Waals surface area contributed by atoms with Crippen molar-refractivity contribution in [1.29, 1.82) is 0 Å². The molecule has 2 aromatic carbocycles. The summed E-state index contributed by atoms with van der Waals surface area (Å²) in [5.74, 6) is -1.46. The Hall–Kier alpha value is -4.20. The van der Waals surface area contributed by atoms with E-state index in [1.807, 2.05) is 43.3 Å². The van der Waals surface area contributed by atoms with Crippen molar-refractivity contribution in [2.24, 2.45) is 18.9 Å². The molecule has 1 fully saturated rings. The van der Waals surface area contributed by atoms with Crippen molar-refractivity contribution in [1.82, 2.24) is 9.36 Å². The molecule has 2 aliphatic rings. The van der Waals surface area contributed by atoms with Gasteiger partial charge in [-0.25, -0.2) is 4.68 Å². The molecule has 2 atom stereocenters. The van der Waals surface area contributed by atoms with Crippen LogP contribution in [0.25, 0.3) is 5.69 Å². The van der Waals surface area contributed by atoms with E-state index in [-0.39, 0.29) is 34.9 Å². The highest BCUT2D eigenvalue weighted by Crippen LogP contribution is 2.39. The number of imide groups is 1. The number of hydrogen-bond donors (Lipinski definition) is 1. The molecular formula is C27H26N4O4. The minimum absolute atomic E-state index is 0.189. The van der Waals surface area contributed by atoms with Gasteiger partial charge in [-0.15, -0.1) is 0 Å². The number of allylic oxidation sites excluding steroid dienone is 2. The van der Waals surface area contributed by atoms with Gasteiger partial charge in [-0.05, 0) is 63.1 Å². The van der Waals surface area contributed by atoms with E-state index in [1.165, 1.54) is 9.58 Å². The van der Waals surface area contributed by atoms with E-state index >= 15 is 0 Å². The summed E-state index contributed by atoms with van der Waals surface area (Å²) in [5, 5.41) is 2.73. The smallest absolute Gasteiger partial charge is 0.295 e. The van der Waals surface area contributed by atoms with Crippen LogP contribution in [-0.4, -0.2) is 27.1 Å². The third-order valence-corrected chi connectivity index (χ3v) is 7.00. The number of para-hydroxylation sites is 1. The third kappa shape index (κ3) is 3.71. The Bertz CT molecular complexity index is 1430. The van der Waals surface area contributed by atoms with Crippen LogP contribution in [0.3, 0.4) is 0 Å². The first-order valence-corrected chi connectivity index (χ1v) is 11.6. The summed E-state index contributed by atoms with van der Waals surface area (Å²) in [7, 11) is 1.76. The molecule has 8 nitrogen and oxygen atoms in total. The van der Waals surface area contributed by atoms with Crippen LogP contribution in [0.5, 0.6) is 0 Å². The van der Waals surface area contributed by atoms with Gasteiger partial charge >= 0.3 is 0 Å². The van der Waals surface area contributed by atoms with Crippen molar-refractivity contribution in [3.05, 3.63) is 87.9 Å². The van der Waals surface area contributed by atoms with Gasteiger partial charge < -0.3 is 5.32 Å². The van der Waals surface area contributed by atoms with Crippen LogP contribution in [0.15, 0.2) is 71.0 Å². The Morgan fingerprint density at radius 3 is 2.23 bits per heavy atom. The fraction of sp³-hybridized carbons (Fsp3) is 0.259.